The second-order valence-corrected chi connectivity index (χ2v) is 6.05. The van der Waals surface area contributed by atoms with Crippen LogP contribution >= 0.6 is 0 Å². The quantitative estimate of drug-likeness (QED) is 0.729. The van der Waals surface area contributed by atoms with E-state index in [1.54, 1.807) is 0 Å². The predicted molar refractivity (Wildman–Crippen MR) is 86.1 cm³/mol. The molecule has 4 rings (SSSR count). The molecule has 1 aliphatic heterocycles. The Morgan fingerprint density at radius 3 is 2.68 bits per heavy atom. The molecule has 2 aromatic heterocycles. The molecule has 0 saturated carbocycles. The van der Waals surface area contributed by atoms with E-state index in [-0.39, 0.29) is 0 Å². The molecule has 22 heavy (non-hydrogen) atoms. The molecule has 0 spiro atoms. The summed E-state index contributed by atoms with van der Waals surface area (Å²) in [5, 5.41) is 12.9. The van der Waals surface area contributed by atoms with Gasteiger partial charge in [-0.15, -0.1) is 15.3 Å². The second-order valence-electron chi connectivity index (χ2n) is 6.05. The van der Waals surface area contributed by atoms with Crippen LogP contribution in [0, 0.1) is 6.92 Å². The summed E-state index contributed by atoms with van der Waals surface area (Å²) in [5.74, 6) is 2.39. The van der Waals surface area contributed by atoms with Crippen LogP contribution in [0.25, 0.3) is 5.65 Å². The average molecular weight is 293 g/mol. The Hall–Kier alpha value is -2.43. The first-order valence-corrected chi connectivity index (χ1v) is 7.73. The van der Waals surface area contributed by atoms with Crippen molar-refractivity contribution in [2.45, 2.75) is 32.2 Å². The molecule has 1 fully saturated rings. The third-order valence-corrected chi connectivity index (χ3v) is 4.54. The van der Waals surface area contributed by atoms with E-state index in [2.05, 4.69) is 52.4 Å². The summed E-state index contributed by atoms with van der Waals surface area (Å²) in [7, 11) is 0. The van der Waals surface area contributed by atoms with Gasteiger partial charge in [-0.25, -0.2) is 0 Å². The van der Waals surface area contributed by atoms with Crippen LogP contribution in [0.15, 0.2) is 42.5 Å². The van der Waals surface area contributed by atoms with E-state index < -0.39 is 0 Å². The molecule has 5 heteroatoms. The van der Waals surface area contributed by atoms with E-state index in [4.69, 9.17) is 5.10 Å². The molecular formula is C17H19N5. The molecule has 3 heterocycles. The Morgan fingerprint density at radius 1 is 1.05 bits per heavy atom. The van der Waals surface area contributed by atoms with Crippen molar-refractivity contribution in [1.29, 1.82) is 0 Å². The lowest BCUT2D eigenvalue weighted by Crippen LogP contribution is -2.28. The average Bonchev–Trinajstić information content (AvgIpc) is 3.12. The van der Waals surface area contributed by atoms with Crippen LogP contribution in [0.3, 0.4) is 0 Å². The van der Waals surface area contributed by atoms with Gasteiger partial charge in [-0.2, -0.15) is 4.52 Å². The van der Waals surface area contributed by atoms with Gasteiger partial charge in [-0.05, 0) is 38.0 Å². The minimum atomic E-state index is 0.479. The molecule has 5 nitrogen and oxygen atoms in total. The molecule has 0 aliphatic carbocycles. The van der Waals surface area contributed by atoms with Crippen molar-refractivity contribution in [2.75, 3.05) is 11.4 Å². The normalized spacial score (nSPS) is 21.6. The van der Waals surface area contributed by atoms with Crippen LogP contribution in [-0.2, 0) is 0 Å². The minimum Gasteiger partial charge on any atom is -0.352 e. The SMILES string of the molecule is Cc1nnc2ccc(N3CC(c4ccccc4)CC3C)nn12. The number of nitrogens with zero attached hydrogens (tertiary/aromatic N) is 5. The highest BCUT2D eigenvalue weighted by molar-refractivity contribution is 5.48. The van der Waals surface area contributed by atoms with Crippen molar-refractivity contribution in [2.24, 2.45) is 0 Å². The molecule has 1 aliphatic rings. The molecule has 0 N–H and O–H groups in total. The summed E-state index contributed by atoms with van der Waals surface area (Å²) >= 11 is 0. The smallest absolute Gasteiger partial charge is 0.178 e. The minimum absolute atomic E-state index is 0.479. The molecule has 0 radical (unpaired) electrons. The van der Waals surface area contributed by atoms with E-state index in [9.17, 15) is 0 Å². The number of anilines is 1. The van der Waals surface area contributed by atoms with Crippen LogP contribution in [0.4, 0.5) is 5.82 Å². The summed E-state index contributed by atoms with van der Waals surface area (Å²) in [6.45, 7) is 5.20. The lowest BCUT2D eigenvalue weighted by atomic mass is 9.97. The molecule has 112 valence electrons. The van der Waals surface area contributed by atoms with E-state index in [1.807, 2.05) is 23.6 Å². The van der Waals surface area contributed by atoms with Gasteiger partial charge in [0.2, 0.25) is 0 Å². The summed E-state index contributed by atoms with van der Waals surface area (Å²) in [6, 6.07) is 15.3. The Balaban J connectivity index is 1.65. The zero-order valence-electron chi connectivity index (χ0n) is 12.8. The molecular weight excluding hydrogens is 274 g/mol. The van der Waals surface area contributed by atoms with Gasteiger partial charge in [0.05, 0.1) is 0 Å². The molecule has 2 unspecified atom stereocenters. The van der Waals surface area contributed by atoms with Gasteiger partial charge in [0.1, 0.15) is 5.82 Å². The van der Waals surface area contributed by atoms with E-state index >= 15 is 0 Å². The molecule has 0 bridgehead atoms. The Bertz CT molecular complexity index is 795. The number of aromatic nitrogens is 4. The van der Waals surface area contributed by atoms with Gasteiger partial charge in [0, 0.05) is 18.5 Å². The van der Waals surface area contributed by atoms with Crippen molar-refractivity contribution < 1.29 is 0 Å². The van der Waals surface area contributed by atoms with Crippen molar-refractivity contribution >= 4 is 11.5 Å². The highest BCUT2D eigenvalue weighted by Crippen LogP contribution is 2.34. The fourth-order valence-electron chi connectivity index (χ4n) is 3.36. The van der Waals surface area contributed by atoms with Crippen molar-refractivity contribution in [3.63, 3.8) is 0 Å². The van der Waals surface area contributed by atoms with Gasteiger partial charge < -0.3 is 4.90 Å². The molecule has 3 aromatic rings. The van der Waals surface area contributed by atoms with Crippen LogP contribution in [0.1, 0.15) is 30.7 Å². The topological polar surface area (TPSA) is 46.3 Å². The van der Waals surface area contributed by atoms with Gasteiger partial charge in [-0.1, -0.05) is 30.3 Å². The van der Waals surface area contributed by atoms with Gasteiger partial charge in [-0.3, -0.25) is 0 Å². The first-order valence-electron chi connectivity index (χ1n) is 7.73. The standard InChI is InChI=1S/C17H19N5/c1-12-10-15(14-6-4-3-5-7-14)11-21(12)17-9-8-16-19-18-13(2)22(16)20-17/h3-9,12,15H,10-11H2,1-2H3. The third kappa shape index (κ3) is 2.13. The fourth-order valence-corrected chi connectivity index (χ4v) is 3.36. The number of benzene rings is 1. The van der Waals surface area contributed by atoms with Crippen LogP contribution in [0.5, 0.6) is 0 Å². The van der Waals surface area contributed by atoms with Crippen molar-refractivity contribution in [3.8, 4) is 0 Å². The number of fused-ring (bicyclic) bond motifs is 1. The van der Waals surface area contributed by atoms with Crippen molar-refractivity contribution in [1.82, 2.24) is 19.8 Å². The van der Waals surface area contributed by atoms with Gasteiger partial charge >= 0.3 is 0 Å². The van der Waals surface area contributed by atoms with E-state index in [0.29, 0.717) is 12.0 Å². The van der Waals surface area contributed by atoms with E-state index in [0.717, 1.165) is 30.3 Å². The van der Waals surface area contributed by atoms with Gasteiger partial charge in [0.15, 0.2) is 11.5 Å². The van der Waals surface area contributed by atoms with E-state index in [1.165, 1.54) is 5.56 Å². The second kappa shape index (κ2) is 5.09. The Morgan fingerprint density at radius 2 is 1.86 bits per heavy atom. The van der Waals surface area contributed by atoms with Gasteiger partial charge in [0.25, 0.3) is 0 Å². The summed E-state index contributed by atoms with van der Waals surface area (Å²) in [6.07, 6.45) is 1.16. The summed E-state index contributed by atoms with van der Waals surface area (Å²) in [4.78, 5) is 2.39. The molecule has 1 saturated heterocycles. The maximum Gasteiger partial charge on any atom is 0.178 e. The van der Waals surface area contributed by atoms with Crippen molar-refractivity contribution in [3.05, 3.63) is 53.9 Å². The number of aryl methyl sites for hydroxylation is 1. The number of hydrogen-bond acceptors (Lipinski definition) is 4. The summed E-state index contributed by atoms with van der Waals surface area (Å²) < 4.78 is 1.82. The third-order valence-electron chi connectivity index (χ3n) is 4.54. The fraction of sp³-hybridized carbons (Fsp3) is 0.353. The number of rotatable bonds is 2. The number of hydrogen-bond donors (Lipinski definition) is 0. The maximum atomic E-state index is 4.71. The lowest BCUT2D eigenvalue weighted by molar-refractivity contribution is 0.692. The maximum absolute atomic E-state index is 4.71. The highest BCUT2D eigenvalue weighted by atomic mass is 15.4. The first-order chi connectivity index (χ1) is 10.7. The van der Waals surface area contributed by atoms with Crippen LogP contribution in [0.2, 0.25) is 0 Å². The zero-order valence-corrected chi connectivity index (χ0v) is 12.8. The summed E-state index contributed by atoms with van der Waals surface area (Å²) in [5.41, 5.74) is 2.21. The molecule has 2 atom stereocenters. The largest absolute Gasteiger partial charge is 0.352 e. The highest BCUT2D eigenvalue weighted by Gasteiger charge is 2.31. The Labute approximate surface area is 129 Å². The predicted octanol–water partition coefficient (Wildman–Crippen LogP) is 2.82. The van der Waals surface area contributed by atoms with Crippen LogP contribution < -0.4 is 4.90 Å². The monoisotopic (exact) mass is 293 g/mol. The molecule has 0 amide bonds. The first kappa shape index (κ1) is 13.2. The molecule has 1 aromatic carbocycles. The Kier molecular flexibility index (Phi) is 3.06. The zero-order chi connectivity index (χ0) is 15.1. The van der Waals surface area contributed by atoms with Crippen LogP contribution in [-0.4, -0.2) is 32.4 Å². The lowest BCUT2D eigenvalue weighted by Gasteiger charge is -2.22.